The minimum absolute atomic E-state index is 0. The van der Waals surface area contributed by atoms with Crippen LogP contribution in [0.1, 0.15) is 129 Å². The van der Waals surface area contributed by atoms with Gasteiger partial charge < -0.3 is 9.66 Å². The smallest absolute Gasteiger partial charge is 0.748 e. The van der Waals surface area contributed by atoms with Crippen LogP contribution >= 0.6 is 0 Å². The van der Waals surface area contributed by atoms with Gasteiger partial charge in [-0.25, -0.2) is 8.42 Å². The second-order valence-electron chi connectivity index (χ2n) is 8.15. The molecular weight excluding hydrogens is 399 g/mol. The molecule has 0 aliphatic heterocycles. The van der Waals surface area contributed by atoms with Gasteiger partial charge in [-0.2, -0.15) is 0 Å². The first-order valence-electron chi connectivity index (χ1n) is 11.6. The van der Waals surface area contributed by atoms with Gasteiger partial charge in [0.1, 0.15) is 0 Å². The molecule has 0 saturated carbocycles. The summed E-state index contributed by atoms with van der Waals surface area (Å²) >= 11 is 0. The Balaban J connectivity index is 0. The van der Waals surface area contributed by atoms with E-state index in [0.29, 0.717) is 6.42 Å². The van der Waals surface area contributed by atoms with Crippen LogP contribution in [0.2, 0.25) is 0 Å². The van der Waals surface area contributed by atoms with Gasteiger partial charge in [0.25, 0.3) is 0 Å². The normalized spacial score (nSPS) is 12.7. The van der Waals surface area contributed by atoms with Crippen LogP contribution in [-0.4, -0.2) is 29.9 Å². The van der Waals surface area contributed by atoms with Gasteiger partial charge in [-0.1, -0.05) is 110 Å². The number of hydrogen-bond acceptors (Lipinski definition) is 4. The predicted molar refractivity (Wildman–Crippen MR) is 114 cm³/mol. The van der Waals surface area contributed by atoms with Gasteiger partial charge in [-0.3, -0.25) is 0 Å². The third kappa shape index (κ3) is 27.5. The molecule has 0 fully saturated rings. The molecule has 6 heteroatoms. The van der Waals surface area contributed by atoms with Crippen molar-refractivity contribution in [2.45, 2.75) is 135 Å². The van der Waals surface area contributed by atoms with Gasteiger partial charge >= 0.3 is 51.4 Å². The van der Waals surface area contributed by atoms with E-state index in [1.165, 1.54) is 77.0 Å². The van der Waals surface area contributed by atoms with Crippen molar-refractivity contribution in [1.29, 1.82) is 0 Å². The quantitative estimate of drug-likeness (QED) is 0.167. The molecule has 0 aliphatic rings. The van der Waals surface area contributed by atoms with Gasteiger partial charge in [0.05, 0.1) is 16.2 Å². The monoisotopic (exact) mass is 444 g/mol. The average molecular weight is 445 g/mol. The van der Waals surface area contributed by atoms with Crippen molar-refractivity contribution in [2.24, 2.45) is 0 Å². The van der Waals surface area contributed by atoms with Crippen molar-refractivity contribution >= 4 is 10.1 Å². The van der Waals surface area contributed by atoms with Crippen molar-refractivity contribution in [3.05, 3.63) is 0 Å². The minimum Gasteiger partial charge on any atom is -0.748 e. The molecule has 0 spiro atoms. The number of hydrogen-bond donors (Lipinski definition) is 1. The van der Waals surface area contributed by atoms with Crippen LogP contribution in [0.3, 0.4) is 0 Å². The zero-order valence-electron chi connectivity index (χ0n) is 18.8. The Labute approximate surface area is 218 Å². The molecule has 1 atom stereocenters. The molecule has 0 radical (unpaired) electrons. The second-order valence-corrected chi connectivity index (χ2v) is 9.67. The maximum atomic E-state index is 10.5. The van der Waals surface area contributed by atoms with E-state index in [0.717, 1.165) is 38.5 Å². The first-order chi connectivity index (χ1) is 13.0. The van der Waals surface area contributed by atoms with E-state index in [2.05, 4.69) is 6.92 Å². The molecule has 0 heterocycles. The molecule has 0 aromatic carbocycles. The summed E-state index contributed by atoms with van der Waals surface area (Å²) in [6.45, 7) is 2.24. The van der Waals surface area contributed by atoms with Crippen LogP contribution in [0.15, 0.2) is 0 Å². The first-order valence-corrected chi connectivity index (χ1v) is 13.1. The summed E-state index contributed by atoms with van der Waals surface area (Å²) in [5.41, 5.74) is 0. The van der Waals surface area contributed by atoms with E-state index in [1.54, 1.807) is 0 Å². The Morgan fingerprint density at radius 1 is 0.643 bits per heavy atom. The van der Waals surface area contributed by atoms with Crippen LogP contribution in [0.25, 0.3) is 0 Å². The minimum atomic E-state index is -4.02. The second kappa shape index (κ2) is 23.2. The SMILES string of the molecule is CCCCCCCCCC(O)CCCCCCCCCCCCS(=O)(=O)[O-].[K+]. The number of unbranched alkanes of at least 4 members (excludes halogenated alkanes) is 15. The largest absolute Gasteiger partial charge is 1.00 e. The Kier molecular flexibility index (Phi) is 26.2. The van der Waals surface area contributed by atoms with E-state index in [1.807, 2.05) is 0 Å². The molecule has 0 aromatic rings. The molecule has 28 heavy (non-hydrogen) atoms. The Hall–Kier alpha value is 1.51. The van der Waals surface area contributed by atoms with Gasteiger partial charge in [0.2, 0.25) is 0 Å². The fourth-order valence-corrected chi connectivity index (χ4v) is 4.11. The number of aliphatic hydroxyl groups excluding tert-OH is 1. The summed E-state index contributed by atoms with van der Waals surface area (Å²) in [4.78, 5) is 0. The first kappa shape index (κ1) is 31.7. The van der Waals surface area contributed by atoms with E-state index in [4.69, 9.17) is 0 Å². The summed E-state index contributed by atoms with van der Waals surface area (Å²) in [5.74, 6) is -0.211. The maximum Gasteiger partial charge on any atom is 1.00 e. The summed E-state index contributed by atoms with van der Waals surface area (Å²) in [7, 11) is -4.02. The number of rotatable bonds is 21. The average Bonchev–Trinajstić information content (AvgIpc) is 2.61. The van der Waals surface area contributed by atoms with Crippen molar-refractivity contribution < 1.29 is 69.5 Å². The Morgan fingerprint density at radius 2 is 0.964 bits per heavy atom. The van der Waals surface area contributed by atoms with Crippen molar-refractivity contribution in [1.82, 2.24) is 0 Å². The molecule has 4 nitrogen and oxygen atoms in total. The Bertz CT molecular complexity index is 401. The molecule has 1 unspecified atom stereocenters. The zero-order valence-corrected chi connectivity index (χ0v) is 22.7. The standard InChI is InChI=1S/C22H46O4S.K/c1-2-3-4-5-10-13-16-19-22(23)20-17-14-11-8-6-7-9-12-15-18-21-27(24,25)26;/h22-23H,2-21H2,1H3,(H,24,25,26);/q;+1/p-1. The molecule has 0 bridgehead atoms. The third-order valence-electron chi connectivity index (χ3n) is 5.32. The molecule has 164 valence electrons. The summed E-state index contributed by atoms with van der Waals surface area (Å²) < 4.78 is 31.4. The van der Waals surface area contributed by atoms with Crippen LogP contribution in [0, 0.1) is 0 Å². The van der Waals surface area contributed by atoms with Crippen molar-refractivity contribution in [3.63, 3.8) is 0 Å². The van der Waals surface area contributed by atoms with E-state index in [9.17, 15) is 18.1 Å². The van der Waals surface area contributed by atoms with Gasteiger partial charge in [-0.15, -0.1) is 0 Å². The third-order valence-corrected chi connectivity index (χ3v) is 6.11. The summed E-state index contributed by atoms with van der Waals surface area (Å²) in [5, 5.41) is 10.0. The molecule has 1 N–H and O–H groups in total. The molecule has 0 aromatic heterocycles. The molecule has 0 aliphatic carbocycles. The Morgan fingerprint density at radius 3 is 1.32 bits per heavy atom. The molecule has 0 rings (SSSR count). The zero-order chi connectivity index (χ0) is 20.2. The number of aliphatic hydroxyl groups is 1. The van der Waals surface area contributed by atoms with Crippen molar-refractivity contribution in [2.75, 3.05) is 5.75 Å². The maximum absolute atomic E-state index is 10.5. The van der Waals surface area contributed by atoms with Gasteiger partial charge in [0, 0.05) is 5.75 Å². The molecule has 0 saturated heterocycles. The van der Waals surface area contributed by atoms with Crippen LogP contribution in [-0.2, 0) is 10.1 Å². The fraction of sp³-hybridized carbons (Fsp3) is 1.00. The topological polar surface area (TPSA) is 77.4 Å². The molecular formula is C22H45KO4S. The van der Waals surface area contributed by atoms with Gasteiger partial charge in [-0.05, 0) is 19.3 Å². The molecule has 0 amide bonds. The van der Waals surface area contributed by atoms with Crippen LogP contribution in [0.4, 0.5) is 0 Å². The van der Waals surface area contributed by atoms with Crippen LogP contribution < -0.4 is 51.4 Å². The summed E-state index contributed by atoms with van der Waals surface area (Å²) in [6, 6.07) is 0. The van der Waals surface area contributed by atoms with Crippen LogP contribution in [0.5, 0.6) is 0 Å². The van der Waals surface area contributed by atoms with Gasteiger partial charge in [0.15, 0.2) is 0 Å². The van der Waals surface area contributed by atoms with Crippen molar-refractivity contribution in [3.8, 4) is 0 Å². The van der Waals surface area contributed by atoms with E-state index < -0.39 is 10.1 Å². The fourth-order valence-electron chi connectivity index (χ4n) is 3.55. The van der Waals surface area contributed by atoms with E-state index in [-0.39, 0.29) is 63.2 Å². The predicted octanol–water partition coefficient (Wildman–Crippen LogP) is 3.33. The summed E-state index contributed by atoms with van der Waals surface area (Å²) in [6.07, 6.45) is 21.8. The van der Waals surface area contributed by atoms with E-state index >= 15 is 0 Å².